The minimum absolute atomic E-state index is 0.139. The van der Waals surface area contributed by atoms with Crippen LogP contribution >= 0.6 is 23.2 Å². The van der Waals surface area contributed by atoms with Gasteiger partial charge in [-0.05, 0) is 69.8 Å². The van der Waals surface area contributed by atoms with E-state index in [9.17, 15) is 4.79 Å². The molecule has 1 aliphatic carbocycles. The second-order valence-corrected chi connectivity index (χ2v) is 8.67. The molecule has 2 aliphatic heterocycles. The van der Waals surface area contributed by atoms with E-state index in [2.05, 4.69) is 17.3 Å². The first-order chi connectivity index (χ1) is 12.9. The number of fused-ring (bicyclic) bond motifs is 3. The lowest BCUT2D eigenvalue weighted by atomic mass is 9.66. The third-order valence-corrected chi connectivity index (χ3v) is 7.14. The number of rotatable bonds is 4. The van der Waals surface area contributed by atoms with Crippen molar-refractivity contribution in [3.8, 4) is 0 Å². The first kappa shape index (κ1) is 18.9. The number of likely N-dealkylation sites (N-methyl/N-ethyl adjacent to an activating group) is 1. The predicted molar refractivity (Wildman–Crippen MR) is 107 cm³/mol. The Bertz CT molecular complexity index is 856. The number of hydrogen-bond acceptors (Lipinski definition) is 3. The highest BCUT2D eigenvalue weighted by molar-refractivity contribution is 6.43. The molecule has 27 heavy (non-hydrogen) atoms. The SMILES string of the molecule is Cc1ccc(C(NC(=O)c2cccc(Cl)c2Cl)C23CCC(CC2)CN3C)o1. The Labute approximate surface area is 169 Å². The Hall–Kier alpha value is -1.49. The first-order valence-corrected chi connectivity index (χ1v) is 10.2. The van der Waals surface area contributed by atoms with E-state index in [0.29, 0.717) is 10.6 Å². The van der Waals surface area contributed by atoms with E-state index in [1.54, 1.807) is 18.2 Å². The molecule has 4 nitrogen and oxygen atoms in total. The summed E-state index contributed by atoms with van der Waals surface area (Å²) in [6.07, 6.45) is 4.47. The fraction of sp³-hybridized carbons (Fsp3) is 0.476. The minimum Gasteiger partial charge on any atom is -0.464 e. The quantitative estimate of drug-likeness (QED) is 0.754. The molecular weight excluding hydrogens is 383 g/mol. The molecule has 6 heteroatoms. The zero-order chi connectivity index (χ0) is 19.2. The zero-order valence-corrected chi connectivity index (χ0v) is 17.1. The smallest absolute Gasteiger partial charge is 0.253 e. The Morgan fingerprint density at radius 2 is 2.00 bits per heavy atom. The van der Waals surface area contributed by atoms with Gasteiger partial charge in [-0.25, -0.2) is 0 Å². The number of halogens is 2. The van der Waals surface area contributed by atoms with Crippen LogP contribution in [0.3, 0.4) is 0 Å². The van der Waals surface area contributed by atoms with Crippen LogP contribution < -0.4 is 5.32 Å². The van der Waals surface area contributed by atoms with Crippen molar-refractivity contribution in [3.63, 3.8) is 0 Å². The van der Waals surface area contributed by atoms with E-state index in [1.807, 2.05) is 19.1 Å². The van der Waals surface area contributed by atoms with Crippen molar-refractivity contribution < 1.29 is 9.21 Å². The lowest BCUT2D eigenvalue weighted by Crippen LogP contribution is -2.62. The molecule has 0 spiro atoms. The van der Waals surface area contributed by atoms with Crippen LogP contribution in [0, 0.1) is 12.8 Å². The summed E-state index contributed by atoms with van der Waals surface area (Å²) in [5, 5.41) is 3.89. The molecule has 0 radical (unpaired) electrons. The van der Waals surface area contributed by atoms with Crippen LogP contribution in [0.4, 0.5) is 0 Å². The number of nitrogens with zero attached hydrogens (tertiary/aromatic N) is 1. The minimum atomic E-state index is -0.236. The topological polar surface area (TPSA) is 45.5 Å². The molecule has 3 aliphatic rings. The summed E-state index contributed by atoms with van der Waals surface area (Å²) < 4.78 is 5.98. The number of amides is 1. The second-order valence-electron chi connectivity index (χ2n) is 7.88. The van der Waals surface area contributed by atoms with Gasteiger partial charge >= 0.3 is 0 Å². The standard InChI is InChI=1S/C21H24Cl2N2O2/c1-13-6-7-17(27-13)19(21-10-8-14(9-11-21)12-25(21)2)24-20(26)15-4-3-5-16(22)18(15)23/h3-7,14,19H,8-12H2,1-2H3,(H,24,26). The molecule has 1 saturated carbocycles. The molecular formula is C21H24Cl2N2O2. The first-order valence-electron chi connectivity index (χ1n) is 9.43. The van der Waals surface area contributed by atoms with Crippen molar-refractivity contribution in [3.05, 3.63) is 57.5 Å². The molecule has 1 N–H and O–H groups in total. The van der Waals surface area contributed by atoms with Gasteiger partial charge in [0.2, 0.25) is 0 Å². The average Bonchev–Trinajstić information content (AvgIpc) is 3.08. The van der Waals surface area contributed by atoms with Crippen LogP contribution in [-0.4, -0.2) is 29.9 Å². The van der Waals surface area contributed by atoms with E-state index < -0.39 is 0 Å². The van der Waals surface area contributed by atoms with Gasteiger partial charge in [0.15, 0.2) is 0 Å². The number of nitrogens with one attached hydrogen (secondary N) is 1. The van der Waals surface area contributed by atoms with Gasteiger partial charge in [-0.2, -0.15) is 0 Å². The van der Waals surface area contributed by atoms with Gasteiger partial charge in [-0.15, -0.1) is 0 Å². The normalized spacial score (nSPS) is 26.1. The summed E-state index contributed by atoms with van der Waals surface area (Å²) in [5.74, 6) is 2.17. The maximum atomic E-state index is 13.1. The molecule has 1 amide bonds. The fourth-order valence-corrected chi connectivity index (χ4v) is 5.17. The van der Waals surface area contributed by atoms with E-state index in [0.717, 1.165) is 36.8 Å². The predicted octanol–water partition coefficient (Wildman–Crippen LogP) is 5.24. The molecule has 3 fully saturated rings. The van der Waals surface area contributed by atoms with Crippen LogP contribution in [0.15, 0.2) is 34.7 Å². The Balaban J connectivity index is 1.71. The van der Waals surface area contributed by atoms with Crippen LogP contribution in [-0.2, 0) is 0 Å². The number of carbonyl (C=O) groups excluding carboxylic acids is 1. The molecule has 3 heterocycles. The van der Waals surface area contributed by atoms with Crippen molar-refractivity contribution >= 4 is 29.1 Å². The molecule has 1 aromatic heterocycles. The van der Waals surface area contributed by atoms with Crippen LogP contribution in [0.1, 0.15) is 53.6 Å². The molecule has 2 bridgehead atoms. The number of aryl methyl sites for hydroxylation is 1. The summed E-state index contributed by atoms with van der Waals surface area (Å²) in [5.41, 5.74) is 0.251. The third-order valence-electron chi connectivity index (χ3n) is 6.32. The number of hydrogen-bond donors (Lipinski definition) is 1. The number of furan rings is 1. The van der Waals surface area contributed by atoms with Crippen molar-refractivity contribution in [1.29, 1.82) is 0 Å². The van der Waals surface area contributed by atoms with Gasteiger partial charge in [-0.3, -0.25) is 9.69 Å². The van der Waals surface area contributed by atoms with Crippen LogP contribution in [0.25, 0.3) is 0 Å². The number of carbonyl (C=O) groups is 1. The monoisotopic (exact) mass is 406 g/mol. The molecule has 144 valence electrons. The Morgan fingerprint density at radius 3 is 2.63 bits per heavy atom. The highest BCUT2D eigenvalue weighted by Crippen LogP contribution is 2.49. The van der Waals surface area contributed by atoms with Gasteiger partial charge in [0, 0.05) is 12.1 Å². The fourth-order valence-electron chi connectivity index (χ4n) is 4.79. The molecule has 2 saturated heterocycles. The zero-order valence-electron chi connectivity index (χ0n) is 15.6. The van der Waals surface area contributed by atoms with Crippen LogP contribution in [0.2, 0.25) is 10.0 Å². The summed E-state index contributed by atoms with van der Waals surface area (Å²) >= 11 is 12.4. The number of piperidine rings is 2. The highest BCUT2D eigenvalue weighted by Gasteiger charge is 2.51. The van der Waals surface area contributed by atoms with E-state index in [4.69, 9.17) is 27.6 Å². The number of benzene rings is 1. The van der Waals surface area contributed by atoms with Crippen LogP contribution in [0.5, 0.6) is 0 Å². The molecule has 1 aromatic carbocycles. The van der Waals surface area contributed by atoms with Crippen molar-refractivity contribution in [1.82, 2.24) is 10.2 Å². The summed E-state index contributed by atoms with van der Waals surface area (Å²) in [7, 11) is 2.16. The summed E-state index contributed by atoms with van der Waals surface area (Å²) in [6.45, 7) is 2.99. The molecule has 2 aromatic rings. The van der Waals surface area contributed by atoms with Gasteiger partial charge in [-0.1, -0.05) is 29.3 Å². The van der Waals surface area contributed by atoms with Gasteiger partial charge in [0.05, 0.1) is 15.6 Å². The average molecular weight is 407 g/mol. The lowest BCUT2D eigenvalue weighted by Gasteiger charge is -2.56. The van der Waals surface area contributed by atoms with E-state index in [1.165, 1.54) is 12.8 Å². The second kappa shape index (κ2) is 7.16. The van der Waals surface area contributed by atoms with Crippen molar-refractivity contribution in [2.75, 3.05) is 13.6 Å². The molecule has 1 unspecified atom stereocenters. The highest BCUT2D eigenvalue weighted by atomic mass is 35.5. The molecule has 5 rings (SSSR count). The van der Waals surface area contributed by atoms with Crippen molar-refractivity contribution in [2.45, 2.75) is 44.2 Å². The van der Waals surface area contributed by atoms with E-state index in [-0.39, 0.29) is 22.5 Å². The summed E-state index contributed by atoms with van der Waals surface area (Å²) in [6, 6.07) is 8.82. The Morgan fingerprint density at radius 1 is 1.26 bits per heavy atom. The van der Waals surface area contributed by atoms with E-state index >= 15 is 0 Å². The van der Waals surface area contributed by atoms with Gasteiger partial charge < -0.3 is 9.73 Å². The Kier molecular flexibility index (Phi) is 5.00. The molecule has 1 atom stereocenters. The van der Waals surface area contributed by atoms with Crippen molar-refractivity contribution in [2.24, 2.45) is 5.92 Å². The largest absolute Gasteiger partial charge is 0.464 e. The van der Waals surface area contributed by atoms with Gasteiger partial charge in [0.1, 0.15) is 17.6 Å². The summed E-state index contributed by atoms with van der Waals surface area (Å²) in [4.78, 5) is 15.5. The lowest BCUT2D eigenvalue weighted by molar-refractivity contribution is -0.0448. The third kappa shape index (κ3) is 3.28. The maximum Gasteiger partial charge on any atom is 0.253 e. The maximum absolute atomic E-state index is 13.1. The van der Waals surface area contributed by atoms with Gasteiger partial charge in [0.25, 0.3) is 5.91 Å².